The average molecular weight is 233 g/mol. The molecule has 1 heterocycles. The van der Waals surface area contributed by atoms with Gasteiger partial charge in [-0.2, -0.15) is 4.80 Å². The van der Waals surface area contributed by atoms with E-state index in [-0.39, 0.29) is 0 Å². The fourth-order valence-corrected chi connectivity index (χ4v) is 1.33. The number of benzene rings is 1. The molecular weight excluding hydrogens is 222 g/mol. The summed E-state index contributed by atoms with van der Waals surface area (Å²) in [6.45, 7) is 2.52. The summed E-state index contributed by atoms with van der Waals surface area (Å²) in [5, 5.41) is 11.8. The summed E-state index contributed by atoms with van der Waals surface area (Å²) in [7, 11) is 0. The molecule has 1 aromatic heterocycles. The van der Waals surface area contributed by atoms with E-state index in [1.807, 2.05) is 6.92 Å². The largest absolute Gasteiger partial charge is 0.410 e. The van der Waals surface area contributed by atoms with Crippen LogP contribution in [-0.2, 0) is 6.54 Å². The Morgan fingerprint density at radius 2 is 2.24 bits per heavy atom. The highest BCUT2D eigenvalue weighted by molar-refractivity contribution is 5.73. The summed E-state index contributed by atoms with van der Waals surface area (Å²) in [5.41, 5.74) is 5.56. The molecule has 1 aromatic carbocycles. The van der Waals surface area contributed by atoms with E-state index < -0.39 is 6.09 Å². The third-order valence-electron chi connectivity index (χ3n) is 2.07. The number of carbonyl (C=O) groups excluding carboxylic acids is 1. The van der Waals surface area contributed by atoms with Crippen LogP contribution < -0.4 is 10.5 Å². The minimum atomic E-state index is -0.875. The Morgan fingerprint density at radius 3 is 2.88 bits per heavy atom. The lowest BCUT2D eigenvalue weighted by Crippen LogP contribution is -2.16. The summed E-state index contributed by atoms with van der Waals surface area (Å²) >= 11 is 0. The van der Waals surface area contributed by atoms with Crippen LogP contribution in [0.5, 0.6) is 5.75 Å². The van der Waals surface area contributed by atoms with Crippen LogP contribution in [0.4, 0.5) is 4.79 Å². The molecule has 2 aromatic rings. The van der Waals surface area contributed by atoms with Crippen molar-refractivity contribution in [2.75, 3.05) is 0 Å². The number of tetrazole rings is 1. The van der Waals surface area contributed by atoms with Crippen LogP contribution in [0.3, 0.4) is 0 Å². The van der Waals surface area contributed by atoms with Crippen molar-refractivity contribution in [2.24, 2.45) is 5.73 Å². The number of carbonyl (C=O) groups is 1. The van der Waals surface area contributed by atoms with Gasteiger partial charge in [-0.3, -0.25) is 0 Å². The van der Waals surface area contributed by atoms with E-state index >= 15 is 0 Å². The van der Waals surface area contributed by atoms with E-state index in [0.717, 1.165) is 0 Å². The number of hydrogen-bond donors (Lipinski definition) is 1. The van der Waals surface area contributed by atoms with E-state index in [2.05, 4.69) is 15.4 Å². The fraction of sp³-hybridized carbons (Fsp3) is 0.200. The lowest BCUT2D eigenvalue weighted by atomic mass is 10.2. The van der Waals surface area contributed by atoms with Crippen molar-refractivity contribution in [3.8, 4) is 17.1 Å². The molecule has 7 heteroatoms. The molecule has 0 saturated carbocycles. The van der Waals surface area contributed by atoms with Crippen LogP contribution in [0.15, 0.2) is 24.3 Å². The summed E-state index contributed by atoms with van der Waals surface area (Å²) in [5.74, 6) is 0.708. The predicted molar refractivity (Wildman–Crippen MR) is 59.1 cm³/mol. The van der Waals surface area contributed by atoms with Crippen LogP contribution in [0.1, 0.15) is 6.92 Å². The van der Waals surface area contributed by atoms with Gasteiger partial charge in [0.1, 0.15) is 5.75 Å². The molecule has 0 aliphatic rings. The second-order valence-electron chi connectivity index (χ2n) is 3.22. The number of nitrogens with zero attached hydrogens (tertiary/aromatic N) is 4. The normalized spacial score (nSPS) is 10.2. The number of aromatic nitrogens is 4. The van der Waals surface area contributed by atoms with Crippen LogP contribution in [-0.4, -0.2) is 26.3 Å². The molecule has 0 saturated heterocycles. The molecule has 0 aliphatic carbocycles. The molecule has 0 bridgehead atoms. The molecule has 88 valence electrons. The molecule has 0 unspecified atom stereocenters. The molecule has 7 nitrogen and oxygen atoms in total. The number of rotatable bonds is 3. The van der Waals surface area contributed by atoms with E-state index in [4.69, 9.17) is 10.5 Å². The van der Waals surface area contributed by atoms with Gasteiger partial charge in [-0.1, -0.05) is 12.1 Å². The van der Waals surface area contributed by atoms with Gasteiger partial charge in [-0.05, 0) is 24.3 Å². The predicted octanol–water partition coefficient (Wildman–Crippen LogP) is 0.817. The fourth-order valence-electron chi connectivity index (χ4n) is 1.33. The van der Waals surface area contributed by atoms with Crippen molar-refractivity contribution in [1.29, 1.82) is 0 Å². The lowest BCUT2D eigenvalue weighted by Gasteiger charge is -2.04. The van der Waals surface area contributed by atoms with Crippen LogP contribution in [0, 0.1) is 0 Å². The molecule has 0 atom stereocenters. The Morgan fingerprint density at radius 1 is 1.47 bits per heavy atom. The van der Waals surface area contributed by atoms with Gasteiger partial charge in [-0.25, -0.2) is 4.79 Å². The molecule has 1 amide bonds. The Balaban J connectivity index is 2.40. The van der Waals surface area contributed by atoms with Crippen molar-refractivity contribution in [3.05, 3.63) is 24.3 Å². The number of aryl methyl sites for hydroxylation is 1. The van der Waals surface area contributed by atoms with E-state index in [9.17, 15) is 4.79 Å². The molecule has 0 radical (unpaired) electrons. The monoisotopic (exact) mass is 233 g/mol. The van der Waals surface area contributed by atoms with Crippen LogP contribution in [0.2, 0.25) is 0 Å². The zero-order chi connectivity index (χ0) is 12.3. The van der Waals surface area contributed by atoms with Crippen molar-refractivity contribution in [2.45, 2.75) is 13.5 Å². The third kappa shape index (κ3) is 2.39. The maximum atomic E-state index is 10.8. The first-order valence-corrected chi connectivity index (χ1v) is 5.05. The number of nitrogens with two attached hydrogens (primary N) is 1. The van der Waals surface area contributed by atoms with Crippen LogP contribution in [0.25, 0.3) is 11.4 Å². The molecule has 2 N–H and O–H groups in total. The molecule has 0 spiro atoms. The minimum Gasteiger partial charge on any atom is -0.410 e. The maximum Gasteiger partial charge on any atom is 0.409 e. The summed E-state index contributed by atoms with van der Waals surface area (Å²) in [6.07, 6.45) is -0.875. The van der Waals surface area contributed by atoms with E-state index in [1.54, 1.807) is 24.3 Å². The highest BCUT2D eigenvalue weighted by Gasteiger charge is 2.12. The number of para-hydroxylation sites is 1. The number of hydrogen-bond acceptors (Lipinski definition) is 5. The number of ether oxygens (including phenoxy) is 1. The van der Waals surface area contributed by atoms with Crippen molar-refractivity contribution >= 4 is 6.09 Å². The highest BCUT2D eigenvalue weighted by atomic mass is 16.5. The van der Waals surface area contributed by atoms with Gasteiger partial charge in [0.2, 0.25) is 5.82 Å². The average Bonchev–Trinajstić information content (AvgIpc) is 2.77. The van der Waals surface area contributed by atoms with E-state index in [0.29, 0.717) is 23.7 Å². The second kappa shape index (κ2) is 4.60. The molecular formula is C10H11N5O2. The number of amides is 1. The van der Waals surface area contributed by atoms with Crippen molar-refractivity contribution in [1.82, 2.24) is 20.2 Å². The first-order chi connectivity index (χ1) is 8.20. The SMILES string of the molecule is CCn1nnc(-c2ccccc2OC(N)=O)n1. The minimum absolute atomic E-state index is 0.315. The Hall–Kier alpha value is -2.44. The molecule has 0 fully saturated rings. The Bertz CT molecular complexity index is 537. The third-order valence-corrected chi connectivity index (χ3v) is 2.07. The molecule has 17 heavy (non-hydrogen) atoms. The van der Waals surface area contributed by atoms with Gasteiger partial charge in [0.05, 0.1) is 12.1 Å². The molecule has 0 aliphatic heterocycles. The second-order valence-corrected chi connectivity index (χ2v) is 3.22. The van der Waals surface area contributed by atoms with E-state index in [1.165, 1.54) is 4.80 Å². The van der Waals surface area contributed by atoms with Gasteiger partial charge in [-0.15, -0.1) is 10.2 Å². The summed E-state index contributed by atoms with van der Waals surface area (Å²) in [6, 6.07) is 6.86. The van der Waals surface area contributed by atoms with Gasteiger partial charge in [0.25, 0.3) is 0 Å². The standard InChI is InChI=1S/C10H11N5O2/c1-2-15-13-9(12-14-15)7-5-3-4-6-8(7)17-10(11)16/h3-6H,2H2,1H3,(H2,11,16). The summed E-state index contributed by atoms with van der Waals surface area (Å²) in [4.78, 5) is 12.2. The van der Waals surface area contributed by atoms with Crippen molar-refractivity contribution < 1.29 is 9.53 Å². The van der Waals surface area contributed by atoms with Gasteiger partial charge in [0, 0.05) is 0 Å². The zero-order valence-electron chi connectivity index (χ0n) is 9.20. The lowest BCUT2D eigenvalue weighted by molar-refractivity contribution is 0.211. The van der Waals surface area contributed by atoms with Gasteiger partial charge in [0.15, 0.2) is 0 Å². The topological polar surface area (TPSA) is 95.9 Å². The van der Waals surface area contributed by atoms with Gasteiger partial charge < -0.3 is 10.5 Å². The maximum absolute atomic E-state index is 10.8. The molecule has 2 rings (SSSR count). The first kappa shape index (κ1) is 11.1. The Kier molecular flexibility index (Phi) is 2.99. The quantitative estimate of drug-likeness (QED) is 0.846. The Labute approximate surface area is 97.2 Å². The smallest absolute Gasteiger partial charge is 0.409 e. The first-order valence-electron chi connectivity index (χ1n) is 5.05. The van der Waals surface area contributed by atoms with Crippen molar-refractivity contribution in [3.63, 3.8) is 0 Å². The highest BCUT2D eigenvalue weighted by Crippen LogP contribution is 2.26. The zero-order valence-corrected chi connectivity index (χ0v) is 9.20. The number of primary amides is 1. The van der Waals surface area contributed by atoms with Gasteiger partial charge >= 0.3 is 6.09 Å². The van der Waals surface area contributed by atoms with Crippen LogP contribution >= 0.6 is 0 Å². The summed E-state index contributed by atoms with van der Waals surface area (Å²) < 4.78 is 4.86.